The van der Waals surface area contributed by atoms with Gasteiger partial charge in [0.15, 0.2) is 0 Å². The summed E-state index contributed by atoms with van der Waals surface area (Å²) in [4.78, 5) is 0.0260. The molecule has 0 aromatic heterocycles. The van der Waals surface area contributed by atoms with Crippen molar-refractivity contribution < 1.29 is 8.42 Å². The molecule has 0 heterocycles. The minimum absolute atomic E-state index is 0.0260. The van der Waals surface area contributed by atoms with E-state index in [-0.39, 0.29) is 14.9 Å². The van der Waals surface area contributed by atoms with Crippen molar-refractivity contribution in [1.29, 1.82) is 0 Å². The number of halogens is 2. The fourth-order valence-electron chi connectivity index (χ4n) is 2.76. The Kier molecular flexibility index (Phi) is 6.19. The maximum Gasteiger partial charge on any atom is 0.241 e. The second-order valence-electron chi connectivity index (χ2n) is 6.02. The van der Waals surface area contributed by atoms with Gasteiger partial charge in [-0.3, -0.25) is 0 Å². The topological polar surface area (TPSA) is 72.2 Å². The van der Waals surface area contributed by atoms with Crippen LogP contribution in [0.15, 0.2) is 83.8 Å². The Hall–Kier alpha value is -1.89. The molecular weight excluding hydrogens is 403 g/mol. The van der Waals surface area contributed by atoms with Crippen LogP contribution in [0.2, 0.25) is 10.0 Å². The van der Waals surface area contributed by atoms with E-state index in [1.165, 1.54) is 18.2 Å². The molecule has 3 N–H and O–H groups in total. The SMILES string of the molecule is N[C@H](c1ccccc1)[C@H](NS(=O)(=O)c1ccc(Cl)c(Cl)c1)c1ccccc1. The second kappa shape index (κ2) is 8.42. The van der Waals surface area contributed by atoms with E-state index < -0.39 is 22.1 Å². The molecule has 4 nitrogen and oxygen atoms in total. The Balaban J connectivity index is 1.99. The third-order valence-corrected chi connectivity index (χ3v) is 6.36. The highest BCUT2D eigenvalue weighted by atomic mass is 35.5. The zero-order chi connectivity index (χ0) is 19.4. The van der Waals surface area contributed by atoms with Crippen LogP contribution in [-0.4, -0.2) is 8.42 Å². The van der Waals surface area contributed by atoms with Gasteiger partial charge in [-0.1, -0.05) is 83.9 Å². The van der Waals surface area contributed by atoms with Crippen LogP contribution in [0.1, 0.15) is 23.2 Å². The number of nitrogens with one attached hydrogen (secondary N) is 1. The summed E-state index contributed by atoms with van der Waals surface area (Å²) in [5.41, 5.74) is 8.02. The lowest BCUT2D eigenvalue weighted by Gasteiger charge is -2.26. The van der Waals surface area contributed by atoms with E-state index in [2.05, 4.69) is 4.72 Å². The highest BCUT2D eigenvalue weighted by molar-refractivity contribution is 7.89. The Morgan fingerprint density at radius 1 is 0.778 bits per heavy atom. The minimum Gasteiger partial charge on any atom is -0.322 e. The lowest BCUT2D eigenvalue weighted by molar-refractivity contribution is 0.504. The second-order valence-corrected chi connectivity index (χ2v) is 8.55. The van der Waals surface area contributed by atoms with Crippen molar-refractivity contribution in [1.82, 2.24) is 4.72 Å². The van der Waals surface area contributed by atoms with E-state index in [0.29, 0.717) is 0 Å². The van der Waals surface area contributed by atoms with Gasteiger partial charge in [0.25, 0.3) is 0 Å². The monoisotopic (exact) mass is 420 g/mol. The lowest BCUT2D eigenvalue weighted by Crippen LogP contribution is -2.36. The number of sulfonamides is 1. The van der Waals surface area contributed by atoms with Crippen LogP contribution < -0.4 is 10.5 Å². The highest BCUT2D eigenvalue weighted by Crippen LogP contribution is 2.30. The smallest absolute Gasteiger partial charge is 0.241 e. The van der Waals surface area contributed by atoms with E-state index in [9.17, 15) is 8.42 Å². The van der Waals surface area contributed by atoms with Crippen molar-refractivity contribution in [3.05, 3.63) is 100 Å². The average Bonchev–Trinajstić information content (AvgIpc) is 2.69. The van der Waals surface area contributed by atoms with Crippen LogP contribution >= 0.6 is 23.2 Å². The molecule has 3 aromatic rings. The number of benzene rings is 3. The summed E-state index contributed by atoms with van der Waals surface area (Å²) in [7, 11) is -3.87. The van der Waals surface area contributed by atoms with Gasteiger partial charge in [0.1, 0.15) is 0 Å². The molecule has 7 heteroatoms. The molecule has 0 aliphatic rings. The standard InChI is InChI=1S/C20H18Cl2N2O2S/c21-17-12-11-16(13-18(17)22)27(25,26)24-20(15-9-5-2-6-10-15)19(23)14-7-3-1-4-8-14/h1-13,19-20,24H,23H2/t19-,20-/m1/s1. The third-order valence-electron chi connectivity index (χ3n) is 4.19. The van der Waals surface area contributed by atoms with E-state index in [1.54, 1.807) is 0 Å². The first kappa shape index (κ1) is 19.9. The van der Waals surface area contributed by atoms with Crippen LogP contribution in [0.4, 0.5) is 0 Å². The largest absolute Gasteiger partial charge is 0.322 e. The van der Waals surface area contributed by atoms with Gasteiger partial charge in [-0.05, 0) is 29.3 Å². The zero-order valence-electron chi connectivity index (χ0n) is 14.2. The predicted octanol–water partition coefficient (Wildman–Crippen LogP) is 4.71. The van der Waals surface area contributed by atoms with Gasteiger partial charge in [0, 0.05) is 0 Å². The quantitative estimate of drug-likeness (QED) is 0.605. The molecule has 3 aromatic carbocycles. The Labute approximate surface area is 169 Å². The molecule has 0 aliphatic heterocycles. The van der Waals surface area contributed by atoms with E-state index in [4.69, 9.17) is 28.9 Å². The van der Waals surface area contributed by atoms with Gasteiger partial charge >= 0.3 is 0 Å². The Bertz CT molecular complexity index is 1010. The van der Waals surface area contributed by atoms with E-state index in [1.807, 2.05) is 60.7 Å². The normalized spacial score (nSPS) is 13.9. The molecule has 0 aliphatic carbocycles. The van der Waals surface area contributed by atoms with Crippen molar-refractivity contribution >= 4 is 33.2 Å². The lowest BCUT2D eigenvalue weighted by atomic mass is 9.95. The maximum atomic E-state index is 12.9. The van der Waals surface area contributed by atoms with Gasteiger partial charge in [0.05, 0.1) is 27.0 Å². The number of hydrogen-bond donors (Lipinski definition) is 2. The molecule has 0 saturated carbocycles. The van der Waals surface area contributed by atoms with Crippen LogP contribution in [0, 0.1) is 0 Å². The molecule has 140 valence electrons. The molecule has 0 fully saturated rings. The van der Waals surface area contributed by atoms with Gasteiger partial charge in [0.2, 0.25) is 10.0 Å². The predicted molar refractivity (Wildman–Crippen MR) is 109 cm³/mol. The van der Waals surface area contributed by atoms with Crippen molar-refractivity contribution in [2.45, 2.75) is 17.0 Å². The zero-order valence-corrected chi connectivity index (χ0v) is 16.5. The van der Waals surface area contributed by atoms with Gasteiger partial charge in [-0.15, -0.1) is 0 Å². The molecule has 0 amide bonds. The van der Waals surface area contributed by atoms with Crippen LogP contribution in [0.5, 0.6) is 0 Å². The summed E-state index contributed by atoms with van der Waals surface area (Å²) >= 11 is 11.9. The van der Waals surface area contributed by atoms with Gasteiger partial charge < -0.3 is 5.73 Å². The molecule has 0 spiro atoms. The van der Waals surface area contributed by atoms with Crippen molar-refractivity contribution in [2.75, 3.05) is 0 Å². The third kappa shape index (κ3) is 4.69. The average molecular weight is 421 g/mol. The number of nitrogens with two attached hydrogens (primary N) is 1. The summed E-state index contributed by atoms with van der Waals surface area (Å²) < 4.78 is 28.6. The summed E-state index contributed by atoms with van der Waals surface area (Å²) in [6.45, 7) is 0. The van der Waals surface area contributed by atoms with Crippen molar-refractivity contribution in [3.63, 3.8) is 0 Å². The number of hydrogen-bond acceptors (Lipinski definition) is 3. The first-order valence-corrected chi connectivity index (χ1v) is 10.5. The summed E-state index contributed by atoms with van der Waals surface area (Å²) in [6.07, 6.45) is 0. The molecule has 0 unspecified atom stereocenters. The molecule has 27 heavy (non-hydrogen) atoms. The first-order chi connectivity index (χ1) is 12.9. The van der Waals surface area contributed by atoms with Crippen molar-refractivity contribution in [3.8, 4) is 0 Å². The molecule has 3 rings (SSSR count). The number of rotatable bonds is 6. The summed E-state index contributed by atoms with van der Waals surface area (Å²) in [6, 6.07) is 21.5. The highest BCUT2D eigenvalue weighted by Gasteiger charge is 2.27. The molecular formula is C20H18Cl2N2O2S. The maximum absolute atomic E-state index is 12.9. The van der Waals surface area contributed by atoms with Crippen LogP contribution in [0.3, 0.4) is 0 Å². The molecule has 2 atom stereocenters. The fourth-order valence-corrected chi connectivity index (χ4v) is 4.39. The van der Waals surface area contributed by atoms with E-state index in [0.717, 1.165) is 11.1 Å². The molecule has 0 bridgehead atoms. The van der Waals surface area contributed by atoms with Gasteiger partial charge in [-0.2, -0.15) is 0 Å². The minimum atomic E-state index is -3.87. The van der Waals surface area contributed by atoms with Gasteiger partial charge in [-0.25, -0.2) is 13.1 Å². The molecule has 0 radical (unpaired) electrons. The Morgan fingerprint density at radius 3 is 1.89 bits per heavy atom. The molecule has 0 saturated heterocycles. The first-order valence-electron chi connectivity index (χ1n) is 8.21. The summed E-state index contributed by atoms with van der Waals surface area (Å²) in [5.74, 6) is 0. The fraction of sp³-hybridized carbons (Fsp3) is 0.100. The van der Waals surface area contributed by atoms with Crippen molar-refractivity contribution in [2.24, 2.45) is 5.73 Å². The summed E-state index contributed by atoms with van der Waals surface area (Å²) in [5, 5.41) is 0.458. The van der Waals surface area contributed by atoms with E-state index >= 15 is 0 Å². The van der Waals surface area contributed by atoms with Crippen LogP contribution in [0.25, 0.3) is 0 Å². The Morgan fingerprint density at radius 2 is 1.33 bits per heavy atom. The van der Waals surface area contributed by atoms with Crippen LogP contribution in [-0.2, 0) is 10.0 Å².